The Hall–Kier alpha value is -4.40. The van der Waals surface area contributed by atoms with Gasteiger partial charge in [0.15, 0.2) is 23.1 Å². The van der Waals surface area contributed by atoms with E-state index in [2.05, 4.69) is 15.3 Å². The smallest absolute Gasteiger partial charge is 0.303 e. The Morgan fingerprint density at radius 2 is 1.14 bits per heavy atom. The van der Waals surface area contributed by atoms with Gasteiger partial charge < -0.3 is 36.2 Å². The maximum Gasteiger partial charge on any atom is 0.303 e. The predicted molar refractivity (Wildman–Crippen MR) is 227 cm³/mol. The number of carbonyl (C=O) groups excluding carboxylic acids is 1. The molecule has 11 nitrogen and oxygen atoms in total. The number of nitrogens with two attached hydrogens (primary N) is 1. The number of aromatic hydroxyl groups is 2. The quantitative estimate of drug-likeness (QED) is 0.0722. The van der Waals surface area contributed by atoms with E-state index >= 15 is 0 Å². The Morgan fingerprint density at radius 1 is 0.729 bits per heavy atom. The second-order valence-electron chi connectivity index (χ2n) is 15.7. The molecule has 4 aromatic rings. The lowest BCUT2D eigenvalue weighted by Gasteiger charge is -2.26. The Kier molecular flexibility index (Phi) is 18.3. The molecule has 2 aliphatic rings. The van der Waals surface area contributed by atoms with Crippen molar-refractivity contribution < 1.29 is 33.7 Å². The SMILES string of the molecule is CN(C)[C@H](CN)Cc1ccc(O)c(F)c1Cl.CN(C)[C@H](CNC(=O)C[C@H](c1ccncc1)C1CC1)Cc1ccc(O)c(F)c1Cl.O=C(O)C[C@H](c1ccncc1)C1CC1. The molecule has 15 heteroatoms. The van der Waals surface area contributed by atoms with Crippen LogP contribution >= 0.6 is 23.2 Å². The highest BCUT2D eigenvalue weighted by atomic mass is 35.5. The predicted octanol–water partition coefficient (Wildman–Crippen LogP) is 7.42. The normalized spacial score (nSPS) is 15.6. The van der Waals surface area contributed by atoms with Gasteiger partial charge in [0.1, 0.15) is 0 Å². The van der Waals surface area contributed by atoms with E-state index in [9.17, 15) is 23.5 Å². The first-order valence-electron chi connectivity index (χ1n) is 19.7. The number of benzene rings is 2. The van der Waals surface area contributed by atoms with Gasteiger partial charge in [0.2, 0.25) is 5.91 Å². The minimum absolute atomic E-state index is 0.00791. The number of aliphatic carboxylic acids is 1. The fourth-order valence-corrected chi connectivity index (χ4v) is 7.39. The highest BCUT2D eigenvalue weighted by Gasteiger charge is 2.34. The molecular formula is C44H56Cl2F2N6O5. The van der Waals surface area contributed by atoms with Gasteiger partial charge in [-0.2, -0.15) is 0 Å². The summed E-state index contributed by atoms with van der Waals surface area (Å²) in [6, 6.07) is 13.7. The maximum absolute atomic E-state index is 13.9. The van der Waals surface area contributed by atoms with Crippen LogP contribution in [0.15, 0.2) is 73.3 Å². The number of hydrogen-bond donors (Lipinski definition) is 5. The summed E-state index contributed by atoms with van der Waals surface area (Å²) in [5, 5.41) is 30.3. The molecule has 4 atom stereocenters. The van der Waals surface area contributed by atoms with Crippen molar-refractivity contribution in [1.82, 2.24) is 25.1 Å². The van der Waals surface area contributed by atoms with Crippen molar-refractivity contribution in [2.24, 2.45) is 17.6 Å². The summed E-state index contributed by atoms with van der Waals surface area (Å²) in [6.07, 6.45) is 13.4. The van der Waals surface area contributed by atoms with E-state index in [4.69, 9.17) is 39.1 Å². The number of rotatable bonds is 17. The summed E-state index contributed by atoms with van der Waals surface area (Å²) < 4.78 is 27.2. The molecule has 6 rings (SSSR count). The fourth-order valence-electron chi connectivity index (χ4n) is 6.92. The van der Waals surface area contributed by atoms with Crippen LogP contribution in [0.25, 0.3) is 0 Å². The summed E-state index contributed by atoms with van der Waals surface area (Å²) in [5.41, 5.74) is 9.14. The number of carbonyl (C=O) groups is 2. The average Bonchev–Trinajstić information content (AvgIpc) is 4.16. The van der Waals surface area contributed by atoms with Crippen molar-refractivity contribution in [2.75, 3.05) is 41.3 Å². The van der Waals surface area contributed by atoms with Crippen LogP contribution in [0, 0.1) is 23.5 Å². The summed E-state index contributed by atoms with van der Waals surface area (Å²) in [6.45, 7) is 0.893. The molecule has 0 unspecified atom stereocenters. The molecule has 0 aliphatic heterocycles. The van der Waals surface area contributed by atoms with Gasteiger partial charge in [-0.05, 0) is 149 Å². The summed E-state index contributed by atoms with van der Waals surface area (Å²) in [7, 11) is 7.63. The van der Waals surface area contributed by atoms with Crippen LogP contribution in [0.4, 0.5) is 8.78 Å². The van der Waals surface area contributed by atoms with Crippen molar-refractivity contribution in [3.8, 4) is 11.5 Å². The Bertz CT molecular complexity index is 1960. The van der Waals surface area contributed by atoms with Gasteiger partial charge in [0, 0.05) is 56.4 Å². The van der Waals surface area contributed by atoms with Gasteiger partial charge in [-0.25, -0.2) is 8.78 Å². The first kappa shape index (κ1) is 47.3. The number of pyridine rings is 2. The number of amides is 1. The molecule has 2 aromatic heterocycles. The molecule has 2 aliphatic carbocycles. The Balaban J connectivity index is 0.000000216. The maximum atomic E-state index is 13.9. The zero-order valence-electron chi connectivity index (χ0n) is 34.0. The Morgan fingerprint density at radius 3 is 1.51 bits per heavy atom. The van der Waals surface area contributed by atoms with E-state index in [1.165, 1.54) is 25.0 Å². The van der Waals surface area contributed by atoms with E-state index in [1.54, 1.807) is 36.9 Å². The molecule has 2 aromatic carbocycles. The molecule has 2 heterocycles. The number of aromatic nitrogens is 2. The fraction of sp³-hybridized carbons (Fsp3) is 0.455. The largest absolute Gasteiger partial charge is 0.505 e. The third-order valence-corrected chi connectivity index (χ3v) is 11.7. The number of halogens is 4. The highest BCUT2D eigenvalue weighted by molar-refractivity contribution is 6.32. The summed E-state index contributed by atoms with van der Waals surface area (Å²) in [5.74, 6) is -1.62. The lowest BCUT2D eigenvalue weighted by atomic mass is 9.91. The van der Waals surface area contributed by atoms with Crippen LogP contribution < -0.4 is 11.1 Å². The zero-order chi connectivity index (χ0) is 43.2. The van der Waals surface area contributed by atoms with Gasteiger partial charge in [0.25, 0.3) is 0 Å². The average molecular weight is 858 g/mol. The zero-order valence-corrected chi connectivity index (χ0v) is 35.5. The third kappa shape index (κ3) is 14.7. The summed E-state index contributed by atoms with van der Waals surface area (Å²) in [4.78, 5) is 35.3. The molecule has 0 saturated heterocycles. The van der Waals surface area contributed by atoms with Crippen molar-refractivity contribution in [2.45, 2.75) is 75.3 Å². The topological polar surface area (TPSA) is 165 Å². The first-order valence-corrected chi connectivity index (χ1v) is 20.5. The lowest BCUT2D eigenvalue weighted by molar-refractivity contribution is -0.137. The van der Waals surface area contributed by atoms with Crippen LogP contribution in [0.1, 0.15) is 72.6 Å². The molecule has 0 bridgehead atoms. The number of phenols is 2. The van der Waals surface area contributed by atoms with E-state index in [0.29, 0.717) is 55.3 Å². The molecular weight excluding hydrogens is 801 g/mol. The molecule has 59 heavy (non-hydrogen) atoms. The van der Waals surface area contributed by atoms with Crippen molar-refractivity contribution >= 4 is 35.1 Å². The number of nitrogens with one attached hydrogen (secondary N) is 1. The van der Waals surface area contributed by atoms with Crippen molar-refractivity contribution in [3.63, 3.8) is 0 Å². The number of nitrogens with zero attached hydrogens (tertiary/aromatic N) is 4. The van der Waals surface area contributed by atoms with Gasteiger partial charge in [-0.15, -0.1) is 0 Å². The number of likely N-dealkylation sites (N-methyl/N-ethyl adjacent to an activating group) is 2. The molecule has 2 fully saturated rings. The number of carboxylic acids is 1. The van der Waals surface area contributed by atoms with Gasteiger partial charge in [-0.3, -0.25) is 19.6 Å². The number of carboxylic acid groups (broad SMARTS) is 1. The lowest BCUT2D eigenvalue weighted by Crippen LogP contribution is -2.42. The molecule has 0 spiro atoms. The monoisotopic (exact) mass is 856 g/mol. The van der Waals surface area contributed by atoms with Crippen molar-refractivity contribution in [3.05, 3.63) is 117 Å². The molecule has 6 N–H and O–H groups in total. The first-order chi connectivity index (χ1) is 28.1. The van der Waals surface area contributed by atoms with E-state index in [-0.39, 0.29) is 46.3 Å². The molecule has 1 amide bonds. The number of hydrogen-bond acceptors (Lipinski definition) is 9. The minimum Gasteiger partial charge on any atom is -0.505 e. The molecule has 0 radical (unpaired) electrons. The molecule has 2 saturated carbocycles. The minimum atomic E-state index is -0.810. The standard InChI is InChI=1S/C22H27ClFN3O2.C11H16ClFN2O.C11H13NO2/c1-27(2)17(11-16-5-6-19(28)22(24)21(16)23)13-26-20(29)12-18(14-3-4-14)15-7-9-25-10-8-15;1-15(2)8(6-14)5-7-3-4-9(16)11(13)10(7)12;13-11(14)7-10(8-1-2-8)9-3-5-12-6-4-9/h5-10,14,17-18,28H,3-4,11-13H2,1-2H3,(H,26,29);3-4,8,16H,5-6,14H2,1-2H3;3-6,8,10H,1-2,7H2,(H,13,14)/t17-,18-;8-;10-/m000/s1. The Labute approximate surface area is 355 Å². The van der Waals surface area contributed by atoms with Gasteiger partial charge in [0.05, 0.1) is 16.5 Å². The third-order valence-electron chi connectivity index (χ3n) is 10.9. The van der Waals surface area contributed by atoms with Crippen LogP contribution in [0.3, 0.4) is 0 Å². The second-order valence-corrected chi connectivity index (χ2v) is 16.4. The number of phenolic OH excluding ortho intramolecular Hbond substituents is 2. The second kappa shape index (κ2) is 22.8. The van der Waals surface area contributed by atoms with Crippen LogP contribution in [-0.4, -0.2) is 100 Å². The van der Waals surface area contributed by atoms with Crippen LogP contribution in [0.2, 0.25) is 10.0 Å². The van der Waals surface area contributed by atoms with Crippen molar-refractivity contribution in [1.29, 1.82) is 0 Å². The van der Waals surface area contributed by atoms with Gasteiger partial charge in [-0.1, -0.05) is 35.3 Å². The van der Waals surface area contributed by atoms with E-state index in [0.717, 1.165) is 24.0 Å². The van der Waals surface area contributed by atoms with Gasteiger partial charge >= 0.3 is 5.97 Å². The van der Waals surface area contributed by atoms with E-state index < -0.39 is 29.1 Å². The molecule has 320 valence electrons. The van der Waals surface area contributed by atoms with Crippen LogP contribution in [0.5, 0.6) is 11.5 Å². The van der Waals surface area contributed by atoms with Crippen LogP contribution in [-0.2, 0) is 22.4 Å². The van der Waals surface area contributed by atoms with E-state index in [1.807, 2.05) is 62.3 Å². The highest BCUT2D eigenvalue weighted by Crippen LogP contribution is 2.45. The summed E-state index contributed by atoms with van der Waals surface area (Å²) >= 11 is 11.9.